The molecule has 1 aromatic carbocycles. The summed E-state index contributed by atoms with van der Waals surface area (Å²) in [5, 5.41) is 2.96. The van der Waals surface area contributed by atoms with Gasteiger partial charge in [-0.25, -0.2) is 9.18 Å². The van der Waals surface area contributed by atoms with Gasteiger partial charge in [-0.2, -0.15) is 0 Å². The Morgan fingerprint density at radius 3 is 2.46 bits per heavy atom. The minimum atomic E-state index is -0.362. The fourth-order valence-corrected chi connectivity index (χ4v) is 6.06. The fraction of sp³-hybridized carbons (Fsp3) is 0.636. The maximum atomic E-state index is 13.4. The molecule has 1 spiro atoms. The molecule has 2 unspecified atom stereocenters. The van der Waals surface area contributed by atoms with Gasteiger partial charge in [0.2, 0.25) is 5.91 Å². The second-order valence-corrected chi connectivity index (χ2v) is 9.11. The van der Waals surface area contributed by atoms with Crippen molar-refractivity contribution in [1.29, 1.82) is 0 Å². The highest BCUT2D eigenvalue weighted by atomic mass is 19.1. The molecule has 2 bridgehead atoms. The summed E-state index contributed by atoms with van der Waals surface area (Å²) in [4.78, 5) is 29.8. The maximum Gasteiger partial charge on any atom is 0.320 e. The second kappa shape index (κ2) is 6.75. The molecule has 4 heterocycles. The van der Waals surface area contributed by atoms with Crippen LogP contribution in [0.5, 0.6) is 0 Å². The van der Waals surface area contributed by atoms with E-state index >= 15 is 0 Å². The van der Waals surface area contributed by atoms with Crippen LogP contribution < -0.4 is 5.32 Å². The highest BCUT2D eigenvalue weighted by Gasteiger charge is 2.49. The molecule has 4 saturated heterocycles. The number of carbonyl (C=O) groups is 2. The molecule has 1 N–H and O–H groups in total. The Kier molecular flexibility index (Phi) is 4.33. The van der Waals surface area contributed by atoms with E-state index in [1.54, 1.807) is 0 Å². The minimum absolute atomic E-state index is 0.128. The Labute approximate surface area is 165 Å². The van der Waals surface area contributed by atoms with E-state index in [2.05, 4.69) is 10.2 Å². The first-order valence-electron chi connectivity index (χ1n) is 10.7. The van der Waals surface area contributed by atoms with Gasteiger partial charge >= 0.3 is 6.03 Å². The summed E-state index contributed by atoms with van der Waals surface area (Å²) in [6.45, 7) is 2.05. The summed E-state index contributed by atoms with van der Waals surface area (Å²) in [7, 11) is 0. The molecule has 5 rings (SSSR count). The molecule has 0 radical (unpaired) electrons. The maximum absolute atomic E-state index is 13.4. The van der Waals surface area contributed by atoms with Crippen LogP contribution in [0.4, 0.5) is 9.18 Å². The Hall–Kier alpha value is -2.11. The zero-order valence-electron chi connectivity index (χ0n) is 16.2. The number of nitrogens with zero attached hydrogens (tertiary/aromatic N) is 2. The SMILES string of the molecule is O=C(N1CCCC2(CCNC2=O)C1)N1[C@@H]2CC[C@H]1CC(c1ccc(F)cc1)C2. The van der Waals surface area contributed by atoms with Crippen LogP contribution in [0.3, 0.4) is 0 Å². The molecule has 4 aliphatic rings. The van der Waals surface area contributed by atoms with Gasteiger partial charge in [0.15, 0.2) is 0 Å². The average Bonchev–Trinajstić information content (AvgIpc) is 3.17. The van der Waals surface area contributed by atoms with Crippen molar-refractivity contribution in [2.24, 2.45) is 5.41 Å². The Bertz CT molecular complexity index is 768. The average molecular weight is 385 g/mol. The lowest BCUT2D eigenvalue weighted by atomic mass is 9.78. The summed E-state index contributed by atoms with van der Waals surface area (Å²) >= 11 is 0. The van der Waals surface area contributed by atoms with Gasteiger partial charge in [-0.1, -0.05) is 12.1 Å². The number of hydrogen-bond acceptors (Lipinski definition) is 2. The van der Waals surface area contributed by atoms with Gasteiger partial charge in [-0.05, 0) is 68.6 Å². The lowest BCUT2D eigenvalue weighted by Crippen LogP contribution is -2.56. The minimum Gasteiger partial charge on any atom is -0.356 e. The second-order valence-electron chi connectivity index (χ2n) is 9.11. The number of benzene rings is 1. The first-order valence-corrected chi connectivity index (χ1v) is 10.7. The van der Waals surface area contributed by atoms with Crippen LogP contribution in [-0.4, -0.2) is 53.5 Å². The van der Waals surface area contributed by atoms with E-state index in [1.807, 2.05) is 17.0 Å². The normalized spacial score (nSPS) is 34.8. The quantitative estimate of drug-likeness (QED) is 0.807. The van der Waals surface area contributed by atoms with Crippen molar-refractivity contribution in [3.05, 3.63) is 35.6 Å². The first kappa shape index (κ1) is 18.0. The van der Waals surface area contributed by atoms with E-state index in [4.69, 9.17) is 0 Å². The van der Waals surface area contributed by atoms with Gasteiger partial charge in [-0.15, -0.1) is 0 Å². The van der Waals surface area contributed by atoms with Crippen molar-refractivity contribution < 1.29 is 14.0 Å². The molecule has 150 valence electrons. The van der Waals surface area contributed by atoms with Crippen molar-refractivity contribution in [3.8, 4) is 0 Å². The molecule has 4 aliphatic heterocycles. The first-order chi connectivity index (χ1) is 13.6. The summed E-state index contributed by atoms with van der Waals surface area (Å²) in [5.74, 6) is 0.327. The summed E-state index contributed by atoms with van der Waals surface area (Å²) in [6, 6.07) is 7.51. The van der Waals surface area contributed by atoms with E-state index < -0.39 is 0 Å². The number of rotatable bonds is 1. The Balaban J connectivity index is 1.30. The van der Waals surface area contributed by atoms with Crippen molar-refractivity contribution in [2.75, 3.05) is 19.6 Å². The summed E-state index contributed by atoms with van der Waals surface area (Å²) < 4.78 is 13.3. The molecule has 1 aromatic rings. The third kappa shape index (κ3) is 2.88. The summed E-state index contributed by atoms with van der Waals surface area (Å²) in [6.07, 6.45) is 6.64. The Morgan fingerprint density at radius 1 is 1.11 bits per heavy atom. The predicted molar refractivity (Wildman–Crippen MR) is 103 cm³/mol. The van der Waals surface area contributed by atoms with Gasteiger partial charge in [0, 0.05) is 31.7 Å². The number of halogens is 1. The van der Waals surface area contributed by atoms with E-state index in [1.165, 1.54) is 17.7 Å². The number of nitrogens with one attached hydrogen (secondary N) is 1. The van der Waals surface area contributed by atoms with Crippen LogP contribution in [-0.2, 0) is 4.79 Å². The highest BCUT2D eigenvalue weighted by Crippen LogP contribution is 2.44. The zero-order valence-corrected chi connectivity index (χ0v) is 16.2. The molecule has 0 aromatic heterocycles. The molecular weight excluding hydrogens is 357 g/mol. The molecule has 5 nitrogen and oxygen atoms in total. The standard InChI is InChI=1S/C22H28FN3O2/c23-17-4-2-15(3-5-17)16-12-18-6-7-19(13-16)26(18)21(28)25-11-1-8-22(14-25)9-10-24-20(22)27/h2-5,16,18-19H,1,6-14H2,(H,24,27)/t16?,18-,19+,22?. The molecular formula is C22H28FN3O2. The van der Waals surface area contributed by atoms with Gasteiger partial charge < -0.3 is 15.1 Å². The molecule has 4 atom stereocenters. The zero-order chi connectivity index (χ0) is 19.3. The number of piperidine rings is 2. The third-order valence-corrected chi connectivity index (χ3v) is 7.51. The summed E-state index contributed by atoms with van der Waals surface area (Å²) in [5.41, 5.74) is 0.823. The largest absolute Gasteiger partial charge is 0.356 e. The van der Waals surface area contributed by atoms with Gasteiger partial charge in [0.05, 0.1) is 5.41 Å². The van der Waals surface area contributed by atoms with E-state index in [-0.39, 0.29) is 35.3 Å². The third-order valence-electron chi connectivity index (χ3n) is 7.51. The number of amides is 3. The smallest absolute Gasteiger partial charge is 0.320 e. The van der Waals surface area contributed by atoms with Crippen molar-refractivity contribution in [3.63, 3.8) is 0 Å². The highest BCUT2D eigenvalue weighted by molar-refractivity contribution is 5.86. The van der Waals surface area contributed by atoms with Crippen LogP contribution in [0, 0.1) is 11.2 Å². The van der Waals surface area contributed by atoms with E-state index in [9.17, 15) is 14.0 Å². The van der Waals surface area contributed by atoms with Crippen LogP contribution in [0.1, 0.15) is 56.4 Å². The number of urea groups is 1. The number of likely N-dealkylation sites (tertiary alicyclic amines) is 1. The molecule has 6 heteroatoms. The van der Waals surface area contributed by atoms with Gasteiger partial charge in [0.25, 0.3) is 0 Å². The molecule has 4 fully saturated rings. The predicted octanol–water partition coefficient (Wildman–Crippen LogP) is 3.26. The monoisotopic (exact) mass is 385 g/mol. The fourth-order valence-electron chi connectivity index (χ4n) is 6.06. The topological polar surface area (TPSA) is 52.7 Å². The van der Waals surface area contributed by atoms with Crippen LogP contribution in [0.15, 0.2) is 24.3 Å². The molecule has 0 saturated carbocycles. The van der Waals surface area contributed by atoms with Crippen molar-refractivity contribution >= 4 is 11.9 Å². The van der Waals surface area contributed by atoms with E-state index in [0.29, 0.717) is 12.5 Å². The van der Waals surface area contributed by atoms with Crippen LogP contribution in [0.25, 0.3) is 0 Å². The lowest BCUT2D eigenvalue weighted by Gasteiger charge is -2.45. The van der Waals surface area contributed by atoms with Crippen molar-refractivity contribution in [2.45, 2.75) is 62.9 Å². The number of fused-ring (bicyclic) bond motifs is 2. The van der Waals surface area contributed by atoms with Gasteiger partial charge in [-0.3, -0.25) is 4.79 Å². The number of hydrogen-bond donors (Lipinski definition) is 1. The number of carbonyl (C=O) groups excluding carboxylic acids is 2. The van der Waals surface area contributed by atoms with Crippen LogP contribution >= 0.6 is 0 Å². The molecule has 0 aliphatic carbocycles. The molecule has 3 amide bonds. The van der Waals surface area contributed by atoms with Crippen LogP contribution in [0.2, 0.25) is 0 Å². The van der Waals surface area contributed by atoms with Gasteiger partial charge in [0.1, 0.15) is 5.82 Å². The Morgan fingerprint density at radius 2 is 1.82 bits per heavy atom. The van der Waals surface area contributed by atoms with Crippen molar-refractivity contribution in [1.82, 2.24) is 15.1 Å². The van der Waals surface area contributed by atoms with E-state index in [0.717, 1.165) is 58.0 Å². The molecule has 28 heavy (non-hydrogen) atoms. The lowest BCUT2D eigenvalue weighted by molar-refractivity contribution is -0.129.